The molecule has 19 heavy (non-hydrogen) atoms. The zero-order valence-electron chi connectivity index (χ0n) is 10.2. The molecule has 0 radical (unpaired) electrons. The van der Waals surface area contributed by atoms with Gasteiger partial charge in [-0.3, -0.25) is 9.36 Å². The third-order valence-electron chi connectivity index (χ3n) is 2.69. The maximum Gasteiger partial charge on any atom is 0.329 e. The van der Waals surface area contributed by atoms with Gasteiger partial charge in [-0.2, -0.15) is 0 Å². The molecule has 0 amide bonds. The number of H-pyrrole nitrogens is 1. The molecule has 100 valence electrons. The number of fused-ring (bicyclic) bond motifs is 1. The lowest BCUT2D eigenvalue weighted by atomic mass is 10.2. The summed E-state index contributed by atoms with van der Waals surface area (Å²) in [5, 5.41) is 0.258. The normalized spacial score (nSPS) is 11.6. The summed E-state index contributed by atoms with van der Waals surface area (Å²) < 4.78 is 23.8. The van der Waals surface area contributed by atoms with Crippen LogP contribution in [-0.4, -0.2) is 24.2 Å². The van der Waals surface area contributed by atoms with Crippen molar-refractivity contribution in [3.63, 3.8) is 0 Å². The highest BCUT2D eigenvalue weighted by Gasteiger charge is 2.11. The van der Waals surface area contributed by atoms with Crippen LogP contribution in [-0.2, 0) is 16.4 Å². The van der Waals surface area contributed by atoms with Gasteiger partial charge in [-0.15, -0.1) is 6.58 Å². The number of aromatic amines is 1. The Morgan fingerprint density at radius 1 is 1.37 bits per heavy atom. The Morgan fingerprint density at radius 2 is 2.05 bits per heavy atom. The van der Waals surface area contributed by atoms with Crippen LogP contribution in [0.3, 0.4) is 0 Å². The Balaban J connectivity index is 2.85. The first-order valence-electron chi connectivity index (χ1n) is 5.42. The predicted octanol–water partition coefficient (Wildman–Crippen LogP) is 0.279. The smallest absolute Gasteiger partial charge is 0.307 e. The van der Waals surface area contributed by atoms with E-state index in [0.29, 0.717) is 0 Å². The number of hydrogen-bond acceptors (Lipinski definition) is 4. The second-order valence-corrected chi connectivity index (χ2v) is 6.13. The highest BCUT2D eigenvalue weighted by Crippen LogP contribution is 2.13. The molecule has 0 spiro atoms. The van der Waals surface area contributed by atoms with Crippen molar-refractivity contribution in [2.75, 3.05) is 6.26 Å². The van der Waals surface area contributed by atoms with Gasteiger partial charge in [0, 0.05) is 12.8 Å². The Hall–Kier alpha value is -2.15. The van der Waals surface area contributed by atoms with Crippen molar-refractivity contribution in [2.45, 2.75) is 11.4 Å². The molecule has 2 rings (SSSR count). The van der Waals surface area contributed by atoms with E-state index in [9.17, 15) is 18.0 Å². The summed E-state index contributed by atoms with van der Waals surface area (Å²) in [6.45, 7) is 3.57. The molecule has 6 nitrogen and oxygen atoms in total. The molecule has 0 bridgehead atoms. The summed E-state index contributed by atoms with van der Waals surface area (Å²) in [5.74, 6) is 0. The summed E-state index contributed by atoms with van der Waals surface area (Å²) in [5.41, 5.74) is -0.861. The van der Waals surface area contributed by atoms with E-state index >= 15 is 0 Å². The van der Waals surface area contributed by atoms with Crippen molar-refractivity contribution < 1.29 is 8.42 Å². The van der Waals surface area contributed by atoms with Crippen molar-refractivity contribution in [3.05, 3.63) is 51.7 Å². The van der Waals surface area contributed by atoms with Gasteiger partial charge in [0.05, 0.1) is 15.8 Å². The van der Waals surface area contributed by atoms with Crippen molar-refractivity contribution in [1.82, 2.24) is 9.55 Å². The van der Waals surface area contributed by atoms with Crippen LogP contribution in [0.2, 0.25) is 0 Å². The fraction of sp³-hybridized carbons (Fsp3) is 0.167. The lowest BCUT2D eigenvalue weighted by Gasteiger charge is -2.05. The highest BCUT2D eigenvalue weighted by molar-refractivity contribution is 7.90. The second-order valence-electron chi connectivity index (χ2n) is 4.11. The molecule has 0 aliphatic heterocycles. The number of nitrogens with one attached hydrogen (secondary N) is 1. The Bertz CT molecular complexity index is 875. The van der Waals surface area contributed by atoms with Crippen molar-refractivity contribution in [2.24, 2.45) is 0 Å². The van der Waals surface area contributed by atoms with Crippen LogP contribution in [0.15, 0.2) is 45.3 Å². The molecule has 0 atom stereocenters. The molecule has 1 aromatic heterocycles. The minimum Gasteiger partial charge on any atom is -0.307 e. The van der Waals surface area contributed by atoms with E-state index in [1.54, 1.807) is 0 Å². The molecule has 1 N–H and O–H groups in total. The van der Waals surface area contributed by atoms with Crippen molar-refractivity contribution >= 4 is 20.7 Å². The molecule has 0 aliphatic carbocycles. The van der Waals surface area contributed by atoms with Gasteiger partial charge in [0.25, 0.3) is 5.56 Å². The van der Waals surface area contributed by atoms with E-state index in [-0.39, 0.29) is 22.3 Å². The molecule has 0 saturated heterocycles. The van der Waals surface area contributed by atoms with E-state index in [1.165, 1.54) is 24.3 Å². The second kappa shape index (κ2) is 4.51. The summed E-state index contributed by atoms with van der Waals surface area (Å²) in [6, 6.07) is 4.02. The Morgan fingerprint density at radius 3 is 2.63 bits per heavy atom. The monoisotopic (exact) mass is 280 g/mol. The SMILES string of the molecule is C=CCn1c(=O)[nH]c2cc(S(C)(=O)=O)ccc2c1=O. The quantitative estimate of drug-likeness (QED) is 0.818. The third-order valence-corrected chi connectivity index (χ3v) is 3.80. The third kappa shape index (κ3) is 2.37. The predicted molar refractivity (Wildman–Crippen MR) is 72.1 cm³/mol. The van der Waals surface area contributed by atoms with Gasteiger partial charge in [0.1, 0.15) is 0 Å². The van der Waals surface area contributed by atoms with E-state index in [4.69, 9.17) is 0 Å². The molecule has 2 aromatic rings. The maximum absolute atomic E-state index is 12.0. The van der Waals surface area contributed by atoms with Crippen molar-refractivity contribution in [1.29, 1.82) is 0 Å². The minimum atomic E-state index is -3.39. The lowest BCUT2D eigenvalue weighted by molar-refractivity contribution is 0.602. The number of benzene rings is 1. The van der Waals surface area contributed by atoms with Crippen LogP contribution < -0.4 is 11.2 Å². The van der Waals surface area contributed by atoms with Crippen molar-refractivity contribution in [3.8, 4) is 0 Å². The summed E-state index contributed by atoms with van der Waals surface area (Å²) >= 11 is 0. The van der Waals surface area contributed by atoms with Gasteiger partial charge in [-0.25, -0.2) is 13.2 Å². The molecule has 0 unspecified atom stereocenters. The van der Waals surface area contributed by atoms with Gasteiger partial charge in [0.15, 0.2) is 9.84 Å². The number of allylic oxidation sites excluding steroid dienone is 1. The molecular formula is C12H12N2O4S. The van der Waals surface area contributed by atoms with Crippen LogP contribution >= 0.6 is 0 Å². The highest BCUT2D eigenvalue weighted by atomic mass is 32.2. The topological polar surface area (TPSA) is 89.0 Å². The van der Waals surface area contributed by atoms with E-state index in [2.05, 4.69) is 11.6 Å². The van der Waals surface area contributed by atoms with Crippen LogP contribution in [0, 0.1) is 0 Å². The molecule has 0 fully saturated rings. The minimum absolute atomic E-state index is 0.0523. The lowest BCUT2D eigenvalue weighted by Crippen LogP contribution is -2.34. The molecule has 1 heterocycles. The average Bonchev–Trinajstić information content (AvgIpc) is 2.32. The van der Waals surface area contributed by atoms with Gasteiger partial charge in [-0.05, 0) is 18.2 Å². The Labute approximate surface area is 108 Å². The number of nitrogens with zero attached hydrogens (tertiary/aromatic N) is 1. The number of aromatic nitrogens is 2. The van der Waals surface area contributed by atoms with Crippen LogP contribution in [0.5, 0.6) is 0 Å². The first-order chi connectivity index (χ1) is 8.84. The van der Waals surface area contributed by atoms with E-state index < -0.39 is 21.1 Å². The largest absolute Gasteiger partial charge is 0.329 e. The zero-order chi connectivity index (χ0) is 14.2. The first kappa shape index (κ1) is 13.3. The standard InChI is InChI=1S/C12H12N2O4S/c1-3-6-14-11(15)9-5-4-8(19(2,17)18)7-10(9)13-12(14)16/h3-5,7H,1,6H2,2H3,(H,13,16). The maximum atomic E-state index is 12.0. The van der Waals surface area contributed by atoms with Gasteiger partial charge in [0.2, 0.25) is 0 Å². The average molecular weight is 280 g/mol. The number of sulfone groups is 1. The fourth-order valence-corrected chi connectivity index (χ4v) is 2.41. The van der Waals surface area contributed by atoms with Gasteiger partial charge >= 0.3 is 5.69 Å². The first-order valence-corrected chi connectivity index (χ1v) is 7.31. The van der Waals surface area contributed by atoms with Crippen LogP contribution in [0.1, 0.15) is 0 Å². The molecular weight excluding hydrogens is 268 g/mol. The van der Waals surface area contributed by atoms with Crippen LogP contribution in [0.4, 0.5) is 0 Å². The molecule has 7 heteroatoms. The number of hydrogen-bond donors (Lipinski definition) is 1. The summed E-state index contributed by atoms with van der Waals surface area (Å²) in [4.78, 5) is 26.3. The van der Waals surface area contributed by atoms with E-state index in [0.717, 1.165) is 10.8 Å². The summed E-state index contributed by atoms with van der Waals surface area (Å²) in [7, 11) is -3.39. The van der Waals surface area contributed by atoms with Gasteiger partial charge < -0.3 is 4.98 Å². The molecule has 0 aliphatic rings. The fourth-order valence-electron chi connectivity index (χ4n) is 1.76. The zero-order valence-corrected chi connectivity index (χ0v) is 11.0. The Kier molecular flexibility index (Phi) is 3.15. The number of rotatable bonds is 3. The summed E-state index contributed by atoms with van der Waals surface area (Å²) in [6.07, 6.45) is 2.50. The van der Waals surface area contributed by atoms with Crippen LogP contribution in [0.25, 0.3) is 10.9 Å². The molecule has 0 saturated carbocycles. The molecule has 1 aromatic carbocycles. The van der Waals surface area contributed by atoms with Gasteiger partial charge in [-0.1, -0.05) is 6.08 Å². The van der Waals surface area contributed by atoms with E-state index in [1.807, 2.05) is 0 Å².